The summed E-state index contributed by atoms with van der Waals surface area (Å²) in [5.41, 5.74) is 2.65. The summed E-state index contributed by atoms with van der Waals surface area (Å²) in [7, 11) is 0. The number of carbonyl (C=O) groups is 1. The number of aromatic nitrogens is 2. The number of nitrogens with zero attached hydrogens (tertiary/aromatic N) is 1. The van der Waals surface area contributed by atoms with E-state index >= 15 is 0 Å². The Balaban J connectivity index is 1.76. The monoisotopic (exact) mass is 257 g/mol. The molecule has 0 amide bonds. The second-order valence-corrected chi connectivity index (χ2v) is 5.33. The van der Waals surface area contributed by atoms with E-state index in [0.29, 0.717) is 12.5 Å². The van der Waals surface area contributed by atoms with Gasteiger partial charge >= 0.3 is 0 Å². The van der Waals surface area contributed by atoms with Crippen molar-refractivity contribution >= 4 is 16.8 Å². The Kier molecular flexibility index (Phi) is 3.34. The zero-order valence-electron chi connectivity index (χ0n) is 11.2. The maximum Gasteiger partial charge on any atom is 0.164 e. The zero-order chi connectivity index (χ0) is 13.2. The van der Waals surface area contributed by atoms with Gasteiger partial charge in [-0.2, -0.15) is 0 Å². The standard InChI is InChI=1S/C15H19N3O/c1-10-17-13-6-5-11(8-14(13)18-10)15(19)9-12-4-2-3-7-16-12/h5-6,8,12,16H,2-4,7,9H2,1H3,(H,17,18). The molecule has 3 rings (SSSR count). The third-order valence-corrected chi connectivity index (χ3v) is 3.77. The van der Waals surface area contributed by atoms with Gasteiger partial charge in [0.1, 0.15) is 5.82 Å². The number of nitrogens with one attached hydrogen (secondary N) is 2. The average molecular weight is 257 g/mol. The summed E-state index contributed by atoms with van der Waals surface area (Å²) in [6, 6.07) is 6.06. The van der Waals surface area contributed by atoms with Crippen LogP contribution in [0, 0.1) is 6.92 Å². The topological polar surface area (TPSA) is 57.8 Å². The summed E-state index contributed by atoms with van der Waals surface area (Å²) in [6.45, 7) is 2.96. The van der Waals surface area contributed by atoms with E-state index in [9.17, 15) is 4.79 Å². The van der Waals surface area contributed by atoms with Crippen molar-refractivity contribution in [2.24, 2.45) is 0 Å². The summed E-state index contributed by atoms with van der Waals surface area (Å²) >= 11 is 0. The van der Waals surface area contributed by atoms with E-state index < -0.39 is 0 Å². The Hall–Kier alpha value is -1.68. The Morgan fingerprint density at radius 1 is 1.42 bits per heavy atom. The molecular formula is C15H19N3O. The highest BCUT2D eigenvalue weighted by molar-refractivity contribution is 5.99. The van der Waals surface area contributed by atoms with Crippen LogP contribution in [-0.4, -0.2) is 28.3 Å². The number of rotatable bonds is 3. The van der Waals surface area contributed by atoms with Gasteiger partial charge in [-0.05, 0) is 44.5 Å². The number of hydrogen-bond acceptors (Lipinski definition) is 3. The van der Waals surface area contributed by atoms with Crippen LogP contribution in [0.15, 0.2) is 18.2 Å². The smallest absolute Gasteiger partial charge is 0.164 e. The van der Waals surface area contributed by atoms with Crippen molar-refractivity contribution in [2.45, 2.75) is 38.6 Å². The van der Waals surface area contributed by atoms with E-state index in [2.05, 4.69) is 15.3 Å². The van der Waals surface area contributed by atoms with Gasteiger partial charge in [0.15, 0.2) is 5.78 Å². The van der Waals surface area contributed by atoms with Crippen molar-refractivity contribution in [3.05, 3.63) is 29.6 Å². The van der Waals surface area contributed by atoms with Crippen LogP contribution in [0.2, 0.25) is 0 Å². The van der Waals surface area contributed by atoms with Gasteiger partial charge in [0.2, 0.25) is 0 Å². The van der Waals surface area contributed by atoms with Crippen LogP contribution in [0.5, 0.6) is 0 Å². The predicted molar refractivity (Wildman–Crippen MR) is 75.4 cm³/mol. The third kappa shape index (κ3) is 2.68. The van der Waals surface area contributed by atoms with Crippen molar-refractivity contribution in [2.75, 3.05) is 6.54 Å². The zero-order valence-corrected chi connectivity index (χ0v) is 11.2. The quantitative estimate of drug-likeness (QED) is 0.831. The lowest BCUT2D eigenvalue weighted by molar-refractivity contribution is 0.0964. The number of benzene rings is 1. The fraction of sp³-hybridized carbons (Fsp3) is 0.467. The molecule has 2 N–H and O–H groups in total. The number of H-pyrrole nitrogens is 1. The molecule has 1 unspecified atom stereocenters. The van der Waals surface area contributed by atoms with E-state index in [0.717, 1.165) is 35.4 Å². The van der Waals surface area contributed by atoms with E-state index in [1.165, 1.54) is 12.8 Å². The van der Waals surface area contributed by atoms with Crippen LogP contribution in [0.3, 0.4) is 0 Å². The molecule has 0 radical (unpaired) electrons. The molecule has 2 aromatic rings. The minimum absolute atomic E-state index is 0.216. The van der Waals surface area contributed by atoms with E-state index in [1.54, 1.807) is 0 Å². The Bertz CT molecular complexity index is 596. The molecule has 1 aliphatic rings. The van der Waals surface area contributed by atoms with Crippen LogP contribution in [-0.2, 0) is 0 Å². The lowest BCUT2D eigenvalue weighted by Gasteiger charge is -2.22. The number of fused-ring (bicyclic) bond motifs is 1. The van der Waals surface area contributed by atoms with Crippen molar-refractivity contribution < 1.29 is 4.79 Å². The number of imidazole rings is 1. The minimum Gasteiger partial charge on any atom is -0.342 e. The molecule has 0 aliphatic carbocycles. The van der Waals surface area contributed by atoms with Gasteiger partial charge in [-0.25, -0.2) is 4.98 Å². The molecule has 0 saturated carbocycles. The van der Waals surface area contributed by atoms with Crippen LogP contribution in [0.1, 0.15) is 41.9 Å². The van der Waals surface area contributed by atoms with Gasteiger partial charge in [0, 0.05) is 18.0 Å². The number of ketones is 1. The molecule has 4 nitrogen and oxygen atoms in total. The second kappa shape index (κ2) is 5.13. The van der Waals surface area contributed by atoms with Crippen LogP contribution in [0.4, 0.5) is 0 Å². The fourth-order valence-corrected chi connectivity index (χ4v) is 2.75. The Morgan fingerprint density at radius 3 is 3.11 bits per heavy atom. The fourth-order valence-electron chi connectivity index (χ4n) is 2.75. The van der Waals surface area contributed by atoms with Crippen molar-refractivity contribution in [3.63, 3.8) is 0 Å². The molecule has 0 spiro atoms. The van der Waals surface area contributed by atoms with Crippen LogP contribution >= 0.6 is 0 Å². The average Bonchev–Trinajstić information content (AvgIpc) is 2.78. The molecule has 1 aromatic heterocycles. The number of aromatic amines is 1. The number of Topliss-reactive ketones (excluding diaryl/α,β-unsaturated/α-hetero) is 1. The molecular weight excluding hydrogens is 238 g/mol. The highest BCUT2D eigenvalue weighted by atomic mass is 16.1. The van der Waals surface area contributed by atoms with Crippen LogP contribution < -0.4 is 5.32 Å². The van der Waals surface area contributed by atoms with Crippen molar-refractivity contribution in [1.29, 1.82) is 0 Å². The van der Waals surface area contributed by atoms with Gasteiger partial charge in [0.05, 0.1) is 11.0 Å². The molecule has 19 heavy (non-hydrogen) atoms. The normalized spacial score (nSPS) is 19.7. The molecule has 0 bridgehead atoms. The second-order valence-electron chi connectivity index (χ2n) is 5.33. The van der Waals surface area contributed by atoms with Gasteiger partial charge in [-0.3, -0.25) is 4.79 Å². The molecule has 1 aliphatic heterocycles. The minimum atomic E-state index is 0.216. The van der Waals surface area contributed by atoms with E-state index in [4.69, 9.17) is 0 Å². The molecule has 100 valence electrons. The SMILES string of the molecule is Cc1nc2ccc(C(=O)CC3CCCCN3)cc2[nH]1. The first-order chi connectivity index (χ1) is 9.22. The highest BCUT2D eigenvalue weighted by Crippen LogP contribution is 2.17. The summed E-state index contributed by atoms with van der Waals surface area (Å²) in [6.07, 6.45) is 4.16. The number of piperidine rings is 1. The maximum absolute atomic E-state index is 12.3. The number of aryl methyl sites for hydroxylation is 1. The van der Waals surface area contributed by atoms with Crippen LogP contribution in [0.25, 0.3) is 11.0 Å². The number of hydrogen-bond donors (Lipinski definition) is 2. The molecule has 2 heterocycles. The lowest BCUT2D eigenvalue weighted by Crippen LogP contribution is -2.35. The van der Waals surface area contributed by atoms with Gasteiger partial charge < -0.3 is 10.3 Å². The van der Waals surface area contributed by atoms with Crippen molar-refractivity contribution in [3.8, 4) is 0 Å². The number of carbonyl (C=O) groups excluding carboxylic acids is 1. The highest BCUT2D eigenvalue weighted by Gasteiger charge is 2.17. The van der Waals surface area contributed by atoms with E-state index in [-0.39, 0.29) is 5.78 Å². The van der Waals surface area contributed by atoms with Crippen molar-refractivity contribution in [1.82, 2.24) is 15.3 Å². The van der Waals surface area contributed by atoms with Gasteiger partial charge in [0.25, 0.3) is 0 Å². The van der Waals surface area contributed by atoms with Gasteiger partial charge in [-0.1, -0.05) is 6.42 Å². The molecule has 1 fully saturated rings. The summed E-state index contributed by atoms with van der Waals surface area (Å²) in [5, 5.41) is 3.42. The maximum atomic E-state index is 12.3. The van der Waals surface area contributed by atoms with Gasteiger partial charge in [-0.15, -0.1) is 0 Å². The predicted octanol–water partition coefficient (Wildman–Crippen LogP) is 2.59. The Morgan fingerprint density at radius 2 is 2.32 bits per heavy atom. The largest absolute Gasteiger partial charge is 0.342 e. The summed E-state index contributed by atoms with van der Waals surface area (Å²) in [5.74, 6) is 1.10. The first-order valence-corrected chi connectivity index (χ1v) is 6.95. The summed E-state index contributed by atoms with van der Waals surface area (Å²) < 4.78 is 0. The molecule has 1 aromatic carbocycles. The molecule has 4 heteroatoms. The first-order valence-electron chi connectivity index (χ1n) is 6.95. The third-order valence-electron chi connectivity index (χ3n) is 3.77. The molecule has 1 saturated heterocycles. The summed E-state index contributed by atoms with van der Waals surface area (Å²) in [4.78, 5) is 19.8. The Labute approximate surface area is 112 Å². The molecule has 1 atom stereocenters. The van der Waals surface area contributed by atoms with E-state index in [1.807, 2.05) is 25.1 Å². The lowest BCUT2D eigenvalue weighted by atomic mass is 9.97. The first kappa shape index (κ1) is 12.4.